The Morgan fingerprint density at radius 1 is 0.769 bits per heavy atom. The minimum Gasteiger partial charge on any atom is -0.508 e. The molecule has 5 aromatic rings. The maximum absolute atomic E-state index is 13.2. The van der Waals surface area contributed by atoms with Gasteiger partial charge in [0, 0.05) is 27.7 Å². The molecule has 0 spiro atoms. The molecular formula is C27H23N5O5S2. The smallest absolute Gasteiger partial charge is 0.262 e. The Kier molecular flexibility index (Phi) is 6.68. The van der Waals surface area contributed by atoms with Crippen LogP contribution in [0.2, 0.25) is 0 Å². The van der Waals surface area contributed by atoms with Crippen LogP contribution in [0.25, 0.3) is 22.0 Å². The number of hydrogen-bond donors (Lipinski definition) is 4. The largest absolute Gasteiger partial charge is 0.508 e. The molecule has 12 heteroatoms. The molecule has 5 N–H and O–H groups in total. The SMILES string of the molecule is Cc1ccc(-c2nnc(Nc3ccc(S(N)(=O)=O)cc3)c3ccccc23)cc1S(=O)(=O)Nc1ccc(O)cc1. The summed E-state index contributed by atoms with van der Waals surface area (Å²) in [5, 5.41) is 28.0. The molecule has 0 bridgehead atoms. The first-order chi connectivity index (χ1) is 18.5. The number of phenols is 1. The molecule has 1 heterocycles. The topological polar surface area (TPSA) is 164 Å². The van der Waals surface area contributed by atoms with Crippen LogP contribution >= 0.6 is 0 Å². The van der Waals surface area contributed by atoms with Crippen molar-refractivity contribution in [2.45, 2.75) is 16.7 Å². The normalized spacial score (nSPS) is 11.8. The zero-order chi connectivity index (χ0) is 27.8. The first-order valence-electron chi connectivity index (χ1n) is 11.6. The van der Waals surface area contributed by atoms with Gasteiger partial charge in [-0.15, -0.1) is 10.2 Å². The Balaban J connectivity index is 1.52. The highest BCUT2D eigenvalue weighted by Gasteiger charge is 2.20. The molecule has 4 aromatic carbocycles. The van der Waals surface area contributed by atoms with E-state index in [1.54, 1.807) is 37.3 Å². The Morgan fingerprint density at radius 3 is 2.08 bits per heavy atom. The number of hydrogen-bond acceptors (Lipinski definition) is 8. The molecule has 0 amide bonds. The zero-order valence-corrected chi connectivity index (χ0v) is 22.2. The highest BCUT2D eigenvalue weighted by atomic mass is 32.2. The molecule has 0 atom stereocenters. The second kappa shape index (κ2) is 9.98. The second-order valence-electron chi connectivity index (χ2n) is 8.77. The number of phenolic OH excluding ortho intramolecular Hbond substituents is 1. The molecule has 198 valence electrons. The van der Waals surface area contributed by atoms with E-state index in [4.69, 9.17) is 5.14 Å². The van der Waals surface area contributed by atoms with Crippen LogP contribution in [-0.2, 0) is 20.0 Å². The number of aromatic nitrogens is 2. The average Bonchev–Trinajstić information content (AvgIpc) is 2.90. The van der Waals surface area contributed by atoms with E-state index in [0.29, 0.717) is 34.0 Å². The standard InChI is InChI=1S/C27H23N5O5S2/c1-17-6-7-18(16-25(17)39(36,37)32-20-8-12-21(33)13-9-20)26-23-4-2-3-5-24(23)27(31-30-26)29-19-10-14-22(15-11-19)38(28,34)35/h2-16,32-33H,1H3,(H,29,31)(H2,28,34,35). The van der Waals surface area contributed by atoms with Crippen LogP contribution in [0.15, 0.2) is 101 Å². The lowest BCUT2D eigenvalue weighted by Crippen LogP contribution is -2.14. The Labute approximate surface area is 225 Å². The molecule has 0 aliphatic heterocycles. The Morgan fingerprint density at radius 2 is 1.41 bits per heavy atom. The summed E-state index contributed by atoms with van der Waals surface area (Å²) in [4.78, 5) is 0.0699. The molecule has 0 aliphatic carbocycles. The lowest BCUT2D eigenvalue weighted by Gasteiger charge is -2.14. The lowest BCUT2D eigenvalue weighted by atomic mass is 10.0. The second-order valence-corrected chi connectivity index (χ2v) is 12.0. The molecule has 39 heavy (non-hydrogen) atoms. The summed E-state index contributed by atoms with van der Waals surface area (Å²) in [6.45, 7) is 1.70. The van der Waals surface area contributed by atoms with Crippen molar-refractivity contribution in [3.05, 3.63) is 96.6 Å². The molecule has 0 saturated carbocycles. The van der Waals surface area contributed by atoms with Crippen molar-refractivity contribution in [1.29, 1.82) is 0 Å². The van der Waals surface area contributed by atoms with Gasteiger partial charge in [-0.25, -0.2) is 22.0 Å². The lowest BCUT2D eigenvalue weighted by molar-refractivity contribution is 0.475. The molecule has 10 nitrogen and oxygen atoms in total. The highest BCUT2D eigenvalue weighted by Crippen LogP contribution is 2.33. The van der Waals surface area contributed by atoms with Crippen LogP contribution in [0.4, 0.5) is 17.2 Å². The van der Waals surface area contributed by atoms with Gasteiger partial charge in [0.15, 0.2) is 5.82 Å². The van der Waals surface area contributed by atoms with Gasteiger partial charge in [0.1, 0.15) is 11.4 Å². The zero-order valence-electron chi connectivity index (χ0n) is 20.5. The van der Waals surface area contributed by atoms with Crippen LogP contribution in [-0.4, -0.2) is 32.1 Å². The highest BCUT2D eigenvalue weighted by molar-refractivity contribution is 7.92. The van der Waals surface area contributed by atoms with Crippen molar-refractivity contribution in [2.75, 3.05) is 10.0 Å². The number of benzene rings is 4. The molecule has 0 unspecified atom stereocenters. The average molecular weight is 562 g/mol. The fourth-order valence-corrected chi connectivity index (χ4v) is 5.90. The summed E-state index contributed by atoms with van der Waals surface area (Å²) in [5.41, 5.74) is 2.48. The summed E-state index contributed by atoms with van der Waals surface area (Å²) >= 11 is 0. The van der Waals surface area contributed by atoms with E-state index in [2.05, 4.69) is 20.2 Å². The number of aromatic hydroxyl groups is 1. The fraction of sp³-hybridized carbons (Fsp3) is 0.0370. The van der Waals surface area contributed by atoms with Gasteiger partial charge in [-0.1, -0.05) is 36.4 Å². The predicted octanol–water partition coefficient (Wildman–Crippen LogP) is 4.50. The molecule has 1 aromatic heterocycles. The van der Waals surface area contributed by atoms with E-state index in [9.17, 15) is 21.9 Å². The van der Waals surface area contributed by atoms with Crippen molar-refractivity contribution in [3.63, 3.8) is 0 Å². The van der Waals surface area contributed by atoms with E-state index in [0.717, 1.165) is 10.8 Å². The number of rotatable bonds is 7. The van der Waals surface area contributed by atoms with Crippen LogP contribution in [0, 0.1) is 6.92 Å². The molecular weight excluding hydrogens is 538 g/mol. The monoisotopic (exact) mass is 561 g/mol. The number of sulfonamides is 2. The van der Waals surface area contributed by atoms with Gasteiger partial charge < -0.3 is 10.4 Å². The van der Waals surface area contributed by atoms with Crippen molar-refractivity contribution in [1.82, 2.24) is 10.2 Å². The van der Waals surface area contributed by atoms with Gasteiger partial charge in [-0.05, 0) is 67.1 Å². The maximum atomic E-state index is 13.2. The molecule has 0 saturated heterocycles. The van der Waals surface area contributed by atoms with Gasteiger partial charge >= 0.3 is 0 Å². The van der Waals surface area contributed by atoms with E-state index >= 15 is 0 Å². The number of fused-ring (bicyclic) bond motifs is 1. The number of primary sulfonamides is 1. The third-order valence-electron chi connectivity index (χ3n) is 6.00. The number of anilines is 3. The predicted molar refractivity (Wildman–Crippen MR) is 150 cm³/mol. The summed E-state index contributed by atoms with van der Waals surface area (Å²) in [7, 11) is -7.76. The maximum Gasteiger partial charge on any atom is 0.262 e. The number of nitrogens with two attached hydrogens (primary N) is 1. The minimum absolute atomic E-state index is 0.00984. The molecule has 0 aliphatic rings. The molecule has 5 rings (SSSR count). The summed E-state index contributed by atoms with van der Waals surface area (Å²) < 4.78 is 52.1. The van der Waals surface area contributed by atoms with Gasteiger partial charge in [0.25, 0.3) is 10.0 Å². The van der Waals surface area contributed by atoms with E-state index in [1.165, 1.54) is 36.4 Å². The van der Waals surface area contributed by atoms with E-state index in [-0.39, 0.29) is 15.5 Å². The third-order valence-corrected chi connectivity index (χ3v) is 8.46. The van der Waals surface area contributed by atoms with Crippen LogP contribution in [0.1, 0.15) is 5.56 Å². The summed E-state index contributed by atoms with van der Waals surface area (Å²) in [6.07, 6.45) is 0. The van der Waals surface area contributed by atoms with Crippen LogP contribution < -0.4 is 15.2 Å². The van der Waals surface area contributed by atoms with E-state index < -0.39 is 20.0 Å². The third kappa shape index (κ3) is 5.53. The first kappa shape index (κ1) is 26.1. The van der Waals surface area contributed by atoms with Crippen molar-refractivity contribution < 1.29 is 21.9 Å². The molecule has 0 fully saturated rings. The summed E-state index contributed by atoms with van der Waals surface area (Å²) in [6, 6.07) is 24.1. The first-order valence-corrected chi connectivity index (χ1v) is 14.6. The van der Waals surface area contributed by atoms with Crippen molar-refractivity contribution in [3.8, 4) is 17.0 Å². The van der Waals surface area contributed by atoms with Gasteiger partial charge in [-0.3, -0.25) is 4.72 Å². The van der Waals surface area contributed by atoms with Gasteiger partial charge in [0.05, 0.1) is 9.79 Å². The van der Waals surface area contributed by atoms with Crippen molar-refractivity contribution >= 4 is 48.0 Å². The Bertz CT molecular complexity index is 1910. The Hall–Kier alpha value is -4.52. The number of aryl methyl sites for hydroxylation is 1. The van der Waals surface area contributed by atoms with Crippen LogP contribution in [0.3, 0.4) is 0 Å². The van der Waals surface area contributed by atoms with Gasteiger partial charge in [0.2, 0.25) is 10.0 Å². The fourth-order valence-electron chi connectivity index (χ4n) is 4.05. The van der Waals surface area contributed by atoms with E-state index in [1.807, 2.05) is 24.3 Å². The molecule has 0 radical (unpaired) electrons. The van der Waals surface area contributed by atoms with Crippen LogP contribution in [0.5, 0.6) is 5.75 Å². The van der Waals surface area contributed by atoms with Crippen molar-refractivity contribution in [2.24, 2.45) is 5.14 Å². The number of nitrogens with one attached hydrogen (secondary N) is 2. The number of nitrogens with zero attached hydrogens (tertiary/aromatic N) is 2. The summed E-state index contributed by atoms with van der Waals surface area (Å²) in [5.74, 6) is 0.465. The van der Waals surface area contributed by atoms with Gasteiger partial charge in [-0.2, -0.15) is 0 Å². The minimum atomic E-state index is -3.95. The quantitative estimate of drug-likeness (QED) is 0.211.